The lowest BCUT2D eigenvalue weighted by atomic mass is 10.1. The van der Waals surface area contributed by atoms with Crippen LogP contribution in [0.2, 0.25) is 0 Å². The van der Waals surface area contributed by atoms with Crippen LogP contribution in [0.3, 0.4) is 0 Å². The number of rotatable bonds is 3. The van der Waals surface area contributed by atoms with E-state index in [1.807, 2.05) is 36.7 Å². The number of aromatic nitrogens is 6. The van der Waals surface area contributed by atoms with Gasteiger partial charge in [-0.3, -0.25) is 9.20 Å². The first-order chi connectivity index (χ1) is 13.2. The van der Waals surface area contributed by atoms with E-state index < -0.39 is 0 Å². The maximum Gasteiger partial charge on any atom is 0.250 e. The number of pyridine rings is 2. The maximum atomic E-state index is 12.8. The van der Waals surface area contributed by atoms with Gasteiger partial charge in [0.05, 0.1) is 0 Å². The van der Waals surface area contributed by atoms with E-state index in [-0.39, 0.29) is 23.1 Å². The number of carbonyl (C=O) groups excluding carboxylic acids is 1. The van der Waals surface area contributed by atoms with Gasteiger partial charge in [-0.1, -0.05) is 0 Å². The van der Waals surface area contributed by atoms with E-state index in [4.69, 9.17) is 5.73 Å². The van der Waals surface area contributed by atoms with Gasteiger partial charge in [-0.15, -0.1) is 0 Å². The summed E-state index contributed by atoms with van der Waals surface area (Å²) >= 11 is 0. The Labute approximate surface area is 152 Å². The van der Waals surface area contributed by atoms with Crippen LogP contribution in [0.1, 0.15) is 16.3 Å². The van der Waals surface area contributed by atoms with Crippen LogP contribution in [-0.4, -0.2) is 35.1 Å². The number of nitrogens with zero attached hydrogens (tertiary/aromatic N) is 5. The van der Waals surface area contributed by atoms with Gasteiger partial charge in [-0.2, -0.15) is 0 Å². The molecular weight excluding hydrogens is 342 g/mol. The maximum absolute atomic E-state index is 12.8. The fourth-order valence-corrected chi connectivity index (χ4v) is 3.08. The summed E-state index contributed by atoms with van der Waals surface area (Å²) in [6, 6.07) is 9.38. The molecule has 8 nitrogen and oxygen atoms in total. The van der Waals surface area contributed by atoms with Crippen LogP contribution < -0.4 is 5.73 Å². The number of hydrogen-bond acceptors (Lipinski definition) is 6. The summed E-state index contributed by atoms with van der Waals surface area (Å²) in [4.78, 5) is 32.7. The van der Waals surface area contributed by atoms with Gasteiger partial charge in [0.15, 0.2) is 5.82 Å². The number of aromatic amines is 1. The Hall–Kier alpha value is -4.07. The van der Waals surface area contributed by atoms with Crippen LogP contribution in [0.4, 0.5) is 5.82 Å². The van der Waals surface area contributed by atoms with Crippen molar-refractivity contribution in [2.24, 2.45) is 0 Å². The lowest BCUT2D eigenvalue weighted by Crippen LogP contribution is -2.11. The highest BCUT2D eigenvalue weighted by Gasteiger charge is 2.21. The molecule has 0 aliphatic rings. The van der Waals surface area contributed by atoms with Crippen LogP contribution in [0.25, 0.3) is 27.8 Å². The summed E-state index contributed by atoms with van der Waals surface area (Å²) in [5.74, 6) is -0.160. The first-order valence-electron chi connectivity index (χ1n) is 8.23. The van der Waals surface area contributed by atoms with E-state index in [0.29, 0.717) is 5.65 Å². The van der Waals surface area contributed by atoms with Crippen LogP contribution in [-0.2, 0) is 0 Å². The summed E-state index contributed by atoms with van der Waals surface area (Å²) in [7, 11) is 0. The lowest BCUT2D eigenvalue weighted by molar-refractivity contribution is 0.102. The molecule has 0 aromatic carbocycles. The fraction of sp³-hybridized carbons (Fsp3) is 0. The minimum atomic E-state index is -0.378. The normalized spacial score (nSPS) is 11.3. The zero-order chi connectivity index (χ0) is 18.4. The Kier molecular flexibility index (Phi) is 3.23. The second-order valence-corrected chi connectivity index (χ2v) is 6.03. The van der Waals surface area contributed by atoms with Crippen molar-refractivity contribution in [1.29, 1.82) is 0 Å². The number of hydrogen-bond donors (Lipinski definition) is 2. The molecule has 0 saturated heterocycles. The number of carbonyl (C=O) groups is 1. The van der Waals surface area contributed by atoms with E-state index >= 15 is 0 Å². The van der Waals surface area contributed by atoms with Gasteiger partial charge in [0, 0.05) is 47.5 Å². The highest BCUT2D eigenvalue weighted by molar-refractivity contribution is 6.08. The molecule has 27 heavy (non-hydrogen) atoms. The Bertz CT molecular complexity index is 1300. The number of H-pyrrole nitrogens is 1. The second kappa shape index (κ2) is 5.73. The largest absolute Gasteiger partial charge is 0.382 e. The van der Waals surface area contributed by atoms with Crippen molar-refractivity contribution < 1.29 is 4.79 Å². The molecule has 0 saturated carbocycles. The highest BCUT2D eigenvalue weighted by atomic mass is 16.1. The molecule has 3 N–H and O–H groups in total. The quantitative estimate of drug-likeness (QED) is 0.481. The van der Waals surface area contributed by atoms with Crippen molar-refractivity contribution in [3.05, 3.63) is 72.8 Å². The fourth-order valence-electron chi connectivity index (χ4n) is 3.08. The standard InChI is InChI=1S/C19H13N7O/c20-17-15(16(27)19-21-5-1-6-22-19)26-10-12(2-3-14(26)25-17)13-8-11-4-7-23-18(11)24-9-13/h1-10H,20H2,(H,23,24). The third kappa shape index (κ3) is 2.43. The third-order valence-electron chi connectivity index (χ3n) is 4.36. The van der Waals surface area contributed by atoms with Gasteiger partial charge in [0.25, 0.3) is 5.78 Å². The molecule has 130 valence electrons. The van der Waals surface area contributed by atoms with Crippen molar-refractivity contribution in [2.75, 3.05) is 5.73 Å². The molecule has 5 rings (SSSR count). The minimum Gasteiger partial charge on any atom is -0.382 e. The van der Waals surface area contributed by atoms with E-state index in [0.717, 1.165) is 22.2 Å². The van der Waals surface area contributed by atoms with Crippen molar-refractivity contribution in [2.45, 2.75) is 0 Å². The zero-order valence-corrected chi connectivity index (χ0v) is 14.0. The molecule has 0 amide bonds. The molecule has 0 aliphatic heterocycles. The molecular formula is C19H13N7O. The zero-order valence-electron chi connectivity index (χ0n) is 14.0. The molecule has 5 aromatic heterocycles. The molecule has 5 aromatic rings. The first-order valence-corrected chi connectivity index (χ1v) is 8.23. The average Bonchev–Trinajstić information content (AvgIpc) is 3.30. The van der Waals surface area contributed by atoms with Gasteiger partial charge < -0.3 is 10.7 Å². The molecule has 0 unspecified atom stereocenters. The SMILES string of the molecule is Nc1nc2ccc(-c3cnc4[nH]ccc4c3)cn2c1C(=O)c1ncccn1. The third-order valence-corrected chi connectivity index (χ3v) is 4.36. The van der Waals surface area contributed by atoms with Crippen LogP contribution in [0.15, 0.2) is 61.3 Å². The van der Waals surface area contributed by atoms with Crippen LogP contribution >= 0.6 is 0 Å². The molecule has 8 heteroatoms. The van der Waals surface area contributed by atoms with Gasteiger partial charge >= 0.3 is 0 Å². The topological polar surface area (TPSA) is 115 Å². The minimum absolute atomic E-state index is 0.0758. The highest BCUT2D eigenvalue weighted by Crippen LogP contribution is 2.25. The number of fused-ring (bicyclic) bond motifs is 2. The van der Waals surface area contributed by atoms with Crippen molar-refractivity contribution in [1.82, 2.24) is 29.3 Å². The number of ketones is 1. The van der Waals surface area contributed by atoms with Crippen LogP contribution in [0, 0.1) is 0 Å². The Morgan fingerprint density at radius 2 is 1.93 bits per heavy atom. The predicted octanol–water partition coefficient (Wildman–Crippen LogP) is 2.48. The summed E-state index contributed by atoms with van der Waals surface area (Å²) in [6.07, 6.45) is 8.48. The summed E-state index contributed by atoms with van der Waals surface area (Å²) in [5.41, 5.74) is 9.47. The predicted molar refractivity (Wildman–Crippen MR) is 100 cm³/mol. The Morgan fingerprint density at radius 1 is 1.07 bits per heavy atom. The van der Waals surface area contributed by atoms with Crippen molar-refractivity contribution >= 4 is 28.3 Å². The van der Waals surface area contributed by atoms with E-state index in [1.54, 1.807) is 16.7 Å². The van der Waals surface area contributed by atoms with Gasteiger partial charge in [0.2, 0.25) is 5.82 Å². The molecule has 0 fully saturated rings. The monoisotopic (exact) mass is 355 g/mol. The molecule has 0 aliphatic carbocycles. The Balaban J connectivity index is 1.67. The van der Waals surface area contributed by atoms with Gasteiger partial charge in [-0.25, -0.2) is 19.9 Å². The average molecular weight is 355 g/mol. The van der Waals surface area contributed by atoms with Crippen molar-refractivity contribution in [3.8, 4) is 11.1 Å². The molecule has 0 bridgehead atoms. The molecule has 0 atom stereocenters. The molecule has 0 radical (unpaired) electrons. The van der Waals surface area contributed by atoms with Crippen molar-refractivity contribution in [3.63, 3.8) is 0 Å². The smallest absolute Gasteiger partial charge is 0.250 e. The number of imidazole rings is 1. The number of nitrogens with one attached hydrogen (secondary N) is 1. The second-order valence-electron chi connectivity index (χ2n) is 6.03. The lowest BCUT2D eigenvalue weighted by Gasteiger charge is -2.05. The number of nitrogens with two attached hydrogens (primary N) is 1. The Morgan fingerprint density at radius 3 is 2.78 bits per heavy atom. The summed E-state index contributed by atoms with van der Waals surface area (Å²) < 4.78 is 1.67. The summed E-state index contributed by atoms with van der Waals surface area (Å²) in [6.45, 7) is 0. The first kappa shape index (κ1) is 15.2. The number of nitrogen functional groups attached to an aromatic ring is 1. The van der Waals surface area contributed by atoms with Gasteiger partial charge in [0.1, 0.15) is 17.0 Å². The van der Waals surface area contributed by atoms with Crippen LogP contribution in [0.5, 0.6) is 0 Å². The van der Waals surface area contributed by atoms with E-state index in [9.17, 15) is 4.79 Å². The number of anilines is 1. The molecule has 0 spiro atoms. The molecule has 5 heterocycles. The van der Waals surface area contributed by atoms with E-state index in [1.165, 1.54) is 12.4 Å². The van der Waals surface area contributed by atoms with E-state index in [2.05, 4.69) is 24.9 Å². The summed E-state index contributed by atoms with van der Waals surface area (Å²) in [5, 5.41) is 1.01. The van der Waals surface area contributed by atoms with Gasteiger partial charge in [-0.05, 0) is 30.3 Å².